The highest BCUT2D eigenvalue weighted by atomic mass is 32.1. The molecule has 1 saturated carbocycles. The largest absolute Gasteiger partial charge is 0.385 e. The van der Waals surface area contributed by atoms with Gasteiger partial charge in [-0.25, -0.2) is 0 Å². The van der Waals surface area contributed by atoms with Crippen LogP contribution in [0.2, 0.25) is 0 Å². The molecule has 1 fully saturated rings. The van der Waals surface area contributed by atoms with Gasteiger partial charge in [0, 0.05) is 22.8 Å². The third-order valence-electron chi connectivity index (χ3n) is 10.7. The van der Waals surface area contributed by atoms with E-state index in [-0.39, 0.29) is 11.5 Å². The van der Waals surface area contributed by atoms with Gasteiger partial charge < -0.3 is 10.6 Å². The molecule has 0 aliphatic heterocycles. The van der Waals surface area contributed by atoms with Gasteiger partial charge in [0.15, 0.2) is 0 Å². The molecule has 0 amide bonds. The van der Waals surface area contributed by atoms with Gasteiger partial charge in [-0.05, 0) is 105 Å². The fraction of sp³-hybridized carbons (Fsp3) is 0.766. The molecular formula is C47H90N2S. The Morgan fingerprint density at radius 2 is 1.44 bits per heavy atom. The predicted molar refractivity (Wildman–Crippen MR) is 237 cm³/mol. The molecule has 0 saturated heterocycles. The van der Waals surface area contributed by atoms with Crippen LogP contribution in [0, 0.1) is 45.8 Å². The Hall–Kier alpha value is -1.61. The van der Waals surface area contributed by atoms with Crippen molar-refractivity contribution < 1.29 is 0 Å². The Labute approximate surface area is 322 Å². The molecular weight excluding hydrogens is 625 g/mol. The van der Waals surface area contributed by atoms with Gasteiger partial charge in [-0.2, -0.15) is 0 Å². The average molecular weight is 715 g/mol. The van der Waals surface area contributed by atoms with Crippen molar-refractivity contribution in [3.05, 3.63) is 61.5 Å². The fourth-order valence-electron chi connectivity index (χ4n) is 7.28. The minimum atomic E-state index is 0.0661. The smallest absolute Gasteiger partial charge is 0.0516 e. The van der Waals surface area contributed by atoms with Crippen molar-refractivity contribution in [3.8, 4) is 0 Å². The molecule has 0 spiro atoms. The van der Waals surface area contributed by atoms with E-state index < -0.39 is 0 Å². The van der Waals surface area contributed by atoms with Crippen LogP contribution in [0.15, 0.2) is 61.5 Å². The molecule has 6 unspecified atom stereocenters. The molecule has 0 radical (unpaired) electrons. The molecule has 1 rings (SSSR count). The van der Waals surface area contributed by atoms with Gasteiger partial charge in [-0.15, -0.1) is 6.58 Å². The maximum Gasteiger partial charge on any atom is 0.0516 e. The second-order valence-electron chi connectivity index (χ2n) is 17.6. The molecule has 2 nitrogen and oxygen atoms in total. The van der Waals surface area contributed by atoms with E-state index in [1.54, 1.807) is 6.08 Å². The lowest BCUT2D eigenvalue weighted by atomic mass is 9.49. The van der Waals surface area contributed by atoms with Gasteiger partial charge in [-0.1, -0.05) is 172 Å². The molecule has 0 aromatic rings. The Morgan fingerprint density at radius 3 is 1.80 bits per heavy atom. The van der Waals surface area contributed by atoms with Crippen molar-refractivity contribution in [2.24, 2.45) is 45.8 Å². The molecule has 1 aliphatic carbocycles. The Morgan fingerprint density at radius 1 is 0.920 bits per heavy atom. The summed E-state index contributed by atoms with van der Waals surface area (Å²) in [5.41, 5.74) is 5.57. The van der Waals surface area contributed by atoms with Gasteiger partial charge in [-0.3, -0.25) is 0 Å². The van der Waals surface area contributed by atoms with Crippen molar-refractivity contribution in [1.82, 2.24) is 10.6 Å². The van der Waals surface area contributed by atoms with Crippen molar-refractivity contribution >= 4 is 17.1 Å². The Kier molecular flexibility index (Phi) is 27.6. The first-order valence-corrected chi connectivity index (χ1v) is 20.7. The lowest BCUT2D eigenvalue weighted by molar-refractivity contribution is -0.0584. The quantitative estimate of drug-likeness (QED) is 0.0791. The SMILES string of the molecule is C=C(C)NC(C(=C)CC(C(CCC)C(=S)C(=C)NCCC)C1CC(C)(C)C1CC)C(C)(C)C.C=C(CC)CCC(C)C(C)(C)C.C=CC.CC. The highest BCUT2D eigenvalue weighted by Gasteiger charge is 2.51. The summed E-state index contributed by atoms with van der Waals surface area (Å²) in [4.78, 5) is 1.04. The lowest BCUT2D eigenvalue weighted by Gasteiger charge is -2.56. The van der Waals surface area contributed by atoms with Crippen molar-refractivity contribution in [2.75, 3.05) is 6.54 Å². The molecule has 3 heteroatoms. The van der Waals surface area contributed by atoms with E-state index in [1.807, 2.05) is 27.7 Å². The summed E-state index contributed by atoms with van der Waals surface area (Å²) in [6, 6.07) is 0.197. The monoisotopic (exact) mass is 715 g/mol. The zero-order valence-electron chi connectivity index (χ0n) is 37.1. The number of rotatable bonds is 19. The first kappa shape index (κ1) is 52.7. The second kappa shape index (κ2) is 26.2. The van der Waals surface area contributed by atoms with Crippen LogP contribution in [-0.4, -0.2) is 17.5 Å². The summed E-state index contributed by atoms with van der Waals surface area (Å²) in [5.74, 6) is 3.07. The first-order chi connectivity index (χ1) is 23.0. The number of nitrogens with one attached hydrogen (secondary N) is 2. The molecule has 6 atom stereocenters. The van der Waals surface area contributed by atoms with Crippen molar-refractivity contribution in [3.63, 3.8) is 0 Å². The maximum atomic E-state index is 6.12. The first-order valence-electron chi connectivity index (χ1n) is 20.3. The third kappa shape index (κ3) is 19.8. The number of hydrogen-bond acceptors (Lipinski definition) is 3. The van der Waals surface area contributed by atoms with Gasteiger partial charge in [0.1, 0.15) is 0 Å². The molecule has 0 aromatic heterocycles. The summed E-state index contributed by atoms with van der Waals surface area (Å²) in [5, 5.41) is 7.12. The van der Waals surface area contributed by atoms with E-state index >= 15 is 0 Å². The zero-order chi connectivity index (χ0) is 40.0. The molecule has 1 aliphatic rings. The molecule has 0 bridgehead atoms. The highest BCUT2D eigenvalue weighted by molar-refractivity contribution is 7.80. The molecule has 0 aromatic carbocycles. The van der Waals surface area contributed by atoms with E-state index in [2.05, 4.69) is 134 Å². The summed E-state index contributed by atoms with van der Waals surface area (Å²) in [7, 11) is 0. The number of thiocarbonyl (C=S) groups is 1. The van der Waals surface area contributed by atoms with Crippen LogP contribution in [0.5, 0.6) is 0 Å². The van der Waals surface area contributed by atoms with Crippen LogP contribution in [-0.2, 0) is 0 Å². The van der Waals surface area contributed by atoms with Crippen LogP contribution in [0.25, 0.3) is 0 Å². The topological polar surface area (TPSA) is 24.1 Å². The van der Waals surface area contributed by atoms with Gasteiger partial charge in [0.25, 0.3) is 0 Å². The minimum absolute atomic E-state index is 0.0661. The minimum Gasteiger partial charge on any atom is -0.385 e. The van der Waals surface area contributed by atoms with Gasteiger partial charge in [0.05, 0.1) is 6.04 Å². The molecule has 50 heavy (non-hydrogen) atoms. The van der Waals surface area contributed by atoms with E-state index in [9.17, 15) is 0 Å². The van der Waals surface area contributed by atoms with E-state index in [0.29, 0.717) is 28.6 Å². The van der Waals surface area contributed by atoms with E-state index in [1.165, 1.54) is 36.8 Å². The molecule has 0 heterocycles. The average Bonchev–Trinajstić information content (AvgIpc) is 3.02. The second-order valence-corrected chi connectivity index (χ2v) is 18.0. The highest BCUT2D eigenvalue weighted by Crippen LogP contribution is 2.58. The summed E-state index contributed by atoms with van der Waals surface area (Å²) in [6.07, 6.45) is 12.2. The van der Waals surface area contributed by atoms with Crippen LogP contribution in [0.3, 0.4) is 0 Å². The van der Waals surface area contributed by atoms with Gasteiger partial charge in [0.2, 0.25) is 0 Å². The summed E-state index contributed by atoms with van der Waals surface area (Å²) >= 11 is 6.12. The molecule has 2 N–H and O–H groups in total. The molecule has 294 valence electrons. The fourth-order valence-corrected chi connectivity index (χ4v) is 7.65. The Balaban J connectivity index is -0.00000108. The van der Waals surface area contributed by atoms with Crippen molar-refractivity contribution in [2.45, 2.75) is 182 Å². The van der Waals surface area contributed by atoms with Crippen LogP contribution in [0.4, 0.5) is 0 Å². The van der Waals surface area contributed by atoms with E-state index in [0.717, 1.165) is 66.7 Å². The van der Waals surface area contributed by atoms with E-state index in [4.69, 9.17) is 12.2 Å². The third-order valence-corrected chi connectivity index (χ3v) is 11.2. The standard InChI is InChI=1S/C30H54N2S.C12H24.C3H6.C2H6/c1-13-16-23(27(33)22(7)31-17-14-2)24(25-19-30(11,12)26(25)15-3)18-21(6)28(29(8,9)10)32-20(4)5;1-7-10(2)8-9-11(3)12(4,5)6;1-3-2;1-2/h23-26,28,31-32H,4,6-7,13-19H2,1-3,5,8-12H3;11H,2,7-9H2,1,3-6H3;3H,1H2,2H3;1-2H3. The van der Waals surface area contributed by atoms with Gasteiger partial charge >= 0.3 is 0 Å². The summed E-state index contributed by atoms with van der Waals surface area (Å²) < 4.78 is 0. The van der Waals surface area contributed by atoms with Crippen LogP contribution in [0.1, 0.15) is 175 Å². The maximum absolute atomic E-state index is 6.12. The predicted octanol–water partition coefficient (Wildman–Crippen LogP) is 15.1. The lowest BCUT2D eigenvalue weighted by Crippen LogP contribution is -2.50. The van der Waals surface area contributed by atoms with Crippen molar-refractivity contribution in [1.29, 1.82) is 0 Å². The number of hydrogen-bond donors (Lipinski definition) is 2. The number of allylic oxidation sites excluding steroid dienone is 4. The normalized spacial score (nSPS) is 18.7. The summed E-state index contributed by atoms with van der Waals surface area (Å²) in [6.45, 7) is 59.4. The zero-order valence-corrected chi connectivity index (χ0v) is 37.9. The van der Waals surface area contributed by atoms with Crippen LogP contribution < -0.4 is 10.6 Å². The van der Waals surface area contributed by atoms with Crippen LogP contribution >= 0.6 is 12.2 Å². The Bertz CT molecular complexity index is 1000.